The number of hydrogen-bond donors (Lipinski definition) is 2. The van der Waals surface area contributed by atoms with Gasteiger partial charge in [0, 0.05) is 18.8 Å². The third kappa shape index (κ3) is 3.95. The molecule has 0 aliphatic carbocycles. The first-order valence-electron chi connectivity index (χ1n) is 6.46. The lowest BCUT2D eigenvalue weighted by molar-refractivity contribution is -0.122. The van der Waals surface area contributed by atoms with Crippen molar-refractivity contribution in [1.29, 1.82) is 0 Å². The number of amides is 1. The fraction of sp³-hybridized carbons (Fsp3) is 0.917. The first-order chi connectivity index (χ1) is 8.25. The average Bonchev–Trinajstić information content (AvgIpc) is 2.28. The maximum absolute atomic E-state index is 11.8. The minimum absolute atomic E-state index is 0.416. The number of rotatable bonds is 5. The lowest BCUT2D eigenvalue weighted by Crippen LogP contribution is -2.48. The van der Waals surface area contributed by atoms with E-state index in [1.165, 1.54) is 26.7 Å². The van der Waals surface area contributed by atoms with Crippen LogP contribution in [0.4, 0.5) is 0 Å². The molecule has 1 unspecified atom stereocenters. The maximum atomic E-state index is 11.8. The van der Waals surface area contributed by atoms with Crippen LogP contribution in [0.1, 0.15) is 39.5 Å². The highest BCUT2D eigenvalue weighted by atomic mass is 32.2. The monoisotopic (exact) mass is 276 g/mol. The van der Waals surface area contributed by atoms with E-state index in [4.69, 9.17) is 0 Å². The zero-order chi connectivity index (χ0) is 13.8. The van der Waals surface area contributed by atoms with Crippen molar-refractivity contribution in [2.24, 2.45) is 0 Å². The van der Waals surface area contributed by atoms with Crippen LogP contribution in [0, 0.1) is 0 Å². The van der Waals surface area contributed by atoms with Gasteiger partial charge >= 0.3 is 0 Å². The maximum Gasteiger partial charge on any atom is 0.240 e. The number of carbonyl (C=O) groups is 1. The van der Waals surface area contributed by atoms with Crippen molar-refractivity contribution in [3.63, 3.8) is 0 Å². The molecule has 1 aliphatic heterocycles. The molecular weight excluding hydrogens is 252 g/mol. The Kier molecular flexibility index (Phi) is 5.16. The van der Waals surface area contributed by atoms with Crippen molar-refractivity contribution < 1.29 is 13.2 Å². The van der Waals surface area contributed by atoms with Gasteiger partial charge in [-0.1, -0.05) is 6.42 Å². The summed E-state index contributed by atoms with van der Waals surface area (Å²) >= 11 is 0. The molecule has 0 spiro atoms. The summed E-state index contributed by atoms with van der Waals surface area (Å²) < 4.78 is 21.6. The second-order valence-corrected chi connectivity index (χ2v) is 8.04. The molecule has 1 saturated heterocycles. The van der Waals surface area contributed by atoms with E-state index in [-0.39, 0.29) is 0 Å². The van der Waals surface area contributed by atoms with E-state index < -0.39 is 20.5 Å². The third-order valence-electron chi connectivity index (χ3n) is 3.66. The number of sulfone groups is 1. The number of carbonyl (C=O) groups excluding carboxylic acids is 1. The highest BCUT2D eigenvalue weighted by Gasteiger charge is 2.38. The predicted octanol–water partition coefficient (Wildman–Crippen LogP) is 0.458. The molecule has 0 aromatic heterocycles. The van der Waals surface area contributed by atoms with Crippen LogP contribution >= 0.6 is 0 Å². The van der Waals surface area contributed by atoms with Crippen molar-refractivity contribution in [2.75, 3.05) is 19.3 Å². The molecule has 6 heteroatoms. The van der Waals surface area contributed by atoms with Crippen molar-refractivity contribution in [1.82, 2.24) is 10.6 Å². The molecule has 0 saturated carbocycles. The molecule has 0 aromatic rings. The summed E-state index contributed by atoms with van der Waals surface area (Å²) in [6.07, 6.45) is 5.51. The van der Waals surface area contributed by atoms with Gasteiger partial charge < -0.3 is 10.6 Å². The zero-order valence-corrected chi connectivity index (χ0v) is 12.3. The topological polar surface area (TPSA) is 75.3 Å². The van der Waals surface area contributed by atoms with E-state index >= 15 is 0 Å². The third-order valence-corrected chi connectivity index (χ3v) is 5.70. The fourth-order valence-corrected chi connectivity index (χ4v) is 2.32. The van der Waals surface area contributed by atoms with Gasteiger partial charge in [-0.25, -0.2) is 8.42 Å². The SMILES string of the molecule is CC(C)(C(=O)NCCC1CCCCN1)S(C)(=O)=O. The van der Waals surface area contributed by atoms with Crippen LogP contribution < -0.4 is 10.6 Å². The Morgan fingerprint density at radius 2 is 2.06 bits per heavy atom. The van der Waals surface area contributed by atoms with E-state index in [1.54, 1.807) is 0 Å². The molecule has 1 heterocycles. The second-order valence-electron chi connectivity index (χ2n) is 5.47. The molecule has 1 aliphatic rings. The average molecular weight is 276 g/mol. The van der Waals surface area contributed by atoms with Crippen LogP contribution in [0.5, 0.6) is 0 Å². The predicted molar refractivity (Wildman–Crippen MR) is 72.2 cm³/mol. The van der Waals surface area contributed by atoms with Gasteiger partial charge in [0.1, 0.15) is 4.75 Å². The lowest BCUT2D eigenvalue weighted by Gasteiger charge is -2.25. The smallest absolute Gasteiger partial charge is 0.240 e. The van der Waals surface area contributed by atoms with Gasteiger partial charge in [0.25, 0.3) is 0 Å². The van der Waals surface area contributed by atoms with Crippen molar-refractivity contribution in [3.05, 3.63) is 0 Å². The number of hydrogen-bond acceptors (Lipinski definition) is 4. The Bertz CT molecular complexity index is 384. The van der Waals surface area contributed by atoms with Gasteiger partial charge in [-0.2, -0.15) is 0 Å². The largest absolute Gasteiger partial charge is 0.355 e. The molecule has 0 aromatic carbocycles. The van der Waals surface area contributed by atoms with Crippen LogP contribution in [0.3, 0.4) is 0 Å². The Morgan fingerprint density at radius 1 is 1.39 bits per heavy atom. The lowest BCUT2D eigenvalue weighted by atomic mass is 10.0. The molecular formula is C12H24N2O3S. The number of piperidine rings is 1. The van der Waals surface area contributed by atoms with E-state index in [0.717, 1.165) is 25.6 Å². The standard InChI is InChI=1S/C12H24N2O3S/c1-12(2,18(3,16)17)11(15)14-9-7-10-6-4-5-8-13-10/h10,13H,4-9H2,1-3H3,(H,14,15). The Hall–Kier alpha value is -0.620. The van der Waals surface area contributed by atoms with E-state index in [1.807, 2.05) is 0 Å². The molecule has 5 nitrogen and oxygen atoms in total. The number of nitrogens with one attached hydrogen (secondary N) is 2. The summed E-state index contributed by atoms with van der Waals surface area (Å²) in [6.45, 7) is 4.44. The van der Waals surface area contributed by atoms with Gasteiger partial charge in [-0.3, -0.25) is 4.79 Å². The molecule has 0 radical (unpaired) electrons. The molecule has 18 heavy (non-hydrogen) atoms. The van der Waals surface area contributed by atoms with Gasteiger partial charge in [0.2, 0.25) is 5.91 Å². The van der Waals surface area contributed by atoms with Gasteiger partial charge in [-0.15, -0.1) is 0 Å². The van der Waals surface area contributed by atoms with Crippen molar-refractivity contribution in [2.45, 2.75) is 50.3 Å². The first-order valence-corrected chi connectivity index (χ1v) is 8.35. The minimum atomic E-state index is -3.38. The van der Waals surface area contributed by atoms with Crippen LogP contribution in [-0.2, 0) is 14.6 Å². The molecule has 1 amide bonds. The van der Waals surface area contributed by atoms with Gasteiger partial charge in [0.15, 0.2) is 9.84 Å². The molecule has 1 rings (SSSR count). The Labute approximate surface area is 110 Å². The summed E-state index contributed by atoms with van der Waals surface area (Å²) in [4.78, 5) is 11.8. The fourth-order valence-electron chi connectivity index (χ4n) is 1.91. The van der Waals surface area contributed by atoms with Crippen LogP contribution in [0.2, 0.25) is 0 Å². The van der Waals surface area contributed by atoms with E-state index in [9.17, 15) is 13.2 Å². The Balaban J connectivity index is 2.37. The second kappa shape index (κ2) is 6.02. The van der Waals surface area contributed by atoms with Crippen LogP contribution in [0.25, 0.3) is 0 Å². The summed E-state index contributed by atoms with van der Waals surface area (Å²) in [5.41, 5.74) is 0. The molecule has 0 bridgehead atoms. The molecule has 2 N–H and O–H groups in total. The van der Waals surface area contributed by atoms with Crippen molar-refractivity contribution in [3.8, 4) is 0 Å². The molecule has 106 valence electrons. The quantitative estimate of drug-likeness (QED) is 0.765. The molecule has 1 atom stereocenters. The molecule has 1 fully saturated rings. The van der Waals surface area contributed by atoms with E-state index in [2.05, 4.69) is 10.6 Å². The van der Waals surface area contributed by atoms with Gasteiger partial charge in [0.05, 0.1) is 0 Å². The highest BCUT2D eigenvalue weighted by molar-refractivity contribution is 7.92. The summed E-state index contributed by atoms with van der Waals surface area (Å²) in [7, 11) is -3.38. The summed E-state index contributed by atoms with van der Waals surface area (Å²) in [5.74, 6) is -0.416. The normalized spacial score (nSPS) is 21.6. The van der Waals surface area contributed by atoms with Crippen LogP contribution in [0.15, 0.2) is 0 Å². The van der Waals surface area contributed by atoms with Crippen molar-refractivity contribution >= 4 is 15.7 Å². The minimum Gasteiger partial charge on any atom is -0.355 e. The van der Waals surface area contributed by atoms with E-state index in [0.29, 0.717) is 12.6 Å². The van der Waals surface area contributed by atoms with Gasteiger partial charge in [-0.05, 0) is 39.7 Å². The first kappa shape index (κ1) is 15.4. The van der Waals surface area contributed by atoms with Crippen LogP contribution in [-0.4, -0.2) is 44.5 Å². The highest BCUT2D eigenvalue weighted by Crippen LogP contribution is 2.15. The zero-order valence-electron chi connectivity index (χ0n) is 11.5. The summed E-state index contributed by atoms with van der Waals surface area (Å²) in [5, 5.41) is 6.11. The Morgan fingerprint density at radius 3 is 2.56 bits per heavy atom. The summed E-state index contributed by atoms with van der Waals surface area (Å²) in [6, 6.07) is 0.445.